The number of carbonyl (C=O) groups is 2. The standard InChI is InChI=1S/C31H36N2O7S/c1-38-26-6-2-3-7-28(26)41-20-25-18-27(22-12-10-21(19-34)11-13-22)40-31(39-25)23-14-16-24(17-15-23)32-29(35)8-4-5-9-30(36)33-37/h2-3,6-7,10-17,25,27,31,34,37H,4-5,8-9,18-20H2,1H3,(H,32,35)(H,33,36)/t25-,27+,31+/m0/s1. The van der Waals surface area contributed by atoms with Crippen LogP contribution in [-0.2, 0) is 25.7 Å². The van der Waals surface area contributed by atoms with Crippen molar-refractivity contribution in [3.05, 3.63) is 89.5 Å². The van der Waals surface area contributed by atoms with Gasteiger partial charge in [0.1, 0.15) is 5.75 Å². The molecule has 1 aliphatic heterocycles. The first kappa shape index (κ1) is 30.5. The molecule has 0 bridgehead atoms. The molecule has 4 rings (SSSR count). The van der Waals surface area contributed by atoms with Gasteiger partial charge in [-0.2, -0.15) is 0 Å². The minimum Gasteiger partial charge on any atom is -0.496 e. The number of aliphatic hydroxyl groups is 1. The number of unbranched alkanes of at least 4 members (excludes halogenated alkanes) is 1. The van der Waals surface area contributed by atoms with E-state index >= 15 is 0 Å². The van der Waals surface area contributed by atoms with Crippen molar-refractivity contribution in [2.45, 2.75) is 62.1 Å². The highest BCUT2D eigenvalue weighted by atomic mass is 32.2. The molecule has 3 atom stereocenters. The molecule has 1 heterocycles. The minimum atomic E-state index is -0.600. The second kappa shape index (κ2) is 15.6. The summed E-state index contributed by atoms with van der Waals surface area (Å²) in [7, 11) is 1.66. The van der Waals surface area contributed by atoms with Gasteiger partial charge >= 0.3 is 0 Å². The quantitative estimate of drug-likeness (QED) is 0.0900. The Bertz CT molecular complexity index is 1270. The van der Waals surface area contributed by atoms with E-state index in [0.29, 0.717) is 30.7 Å². The fourth-order valence-corrected chi connectivity index (χ4v) is 5.57. The molecule has 1 aliphatic rings. The summed E-state index contributed by atoms with van der Waals surface area (Å²) in [6.45, 7) is -0.0144. The van der Waals surface area contributed by atoms with Crippen molar-refractivity contribution < 1.29 is 34.1 Å². The second-order valence-electron chi connectivity index (χ2n) is 9.72. The van der Waals surface area contributed by atoms with Gasteiger partial charge in [0.2, 0.25) is 11.8 Å². The Morgan fingerprint density at radius 1 is 0.927 bits per heavy atom. The highest BCUT2D eigenvalue weighted by Gasteiger charge is 2.32. The number of methoxy groups -OCH3 is 1. The Morgan fingerprint density at radius 3 is 2.29 bits per heavy atom. The molecule has 3 aromatic carbocycles. The molecular formula is C31H36N2O7S. The topological polar surface area (TPSA) is 126 Å². The molecule has 0 saturated carbocycles. The Balaban J connectivity index is 1.41. The van der Waals surface area contributed by atoms with Crippen molar-refractivity contribution in [3.8, 4) is 5.75 Å². The van der Waals surface area contributed by atoms with Crippen LogP contribution in [0.1, 0.15) is 61.2 Å². The van der Waals surface area contributed by atoms with E-state index in [1.54, 1.807) is 24.4 Å². The van der Waals surface area contributed by atoms with Gasteiger partial charge < -0.3 is 24.6 Å². The smallest absolute Gasteiger partial charge is 0.243 e. The molecule has 0 aromatic heterocycles. The lowest BCUT2D eigenvalue weighted by molar-refractivity contribution is -0.245. The molecule has 0 spiro atoms. The summed E-state index contributed by atoms with van der Waals surface area (Å²) in [4.78, 5) is 24.4. The highest BCUT2D eigenvalue weighted by molar-refractivity contribution is 7.99. The second-order valence-corrected chi connectivity index (χ2v) is 10.8. The van der Waals surface area contributed by atoms with Gasteiger partial charge in [0.05, 0.1) is 25.9 Å². The number of benzene rings is 3. The number of aliphatic hydroxyl groups excluding tert-OH is 1. The van der Waals surface area contributed by atoms with Crippen molar-refractivity contribution in [1.82, 2.24) is 5.48 Å². The first-order chi connectivity index (χ1) is 20.0. The largest absolute Gasteiger partial charge is 0.496 e. The molecule has 1 saturated heterocycles. The van der Waals surface area contributed by atoms with Gasteiger partial charge in [0, 0.05) is 41.2 Å². The van der Waals surface area contributed by atoms with Crippen LogP contribution in [0.2, 0.25) is 0 Å². The first-order valence-corrected chi connectivity index (χ1v) is 14.6. The molecule has 0 aliphatic carbocycles. The third kappa shape index (κ3) is 9.04. The van der Waals surface area contributed by atoms with Crippen LogP contribution in [0.4, 0.5) is 5.69 Å². The molecule has 9 nitrogen and oxygen atoms in total. The summed E-state index contributed by atoms with van der Waals surface area (Å²) in [6.07, 6.45) is 1.27. The zero-order chi connectivity index (χ0) is 29.0. The van der Waals surface area contributed by atoms with Crippen LogP contribution in [0.5, 0.6) is 5.75 Å². The van der Waals surface area contributed by atoms with Gasteiger partial charge in [-0.1, -0.05) is 48.5 Å². The van der Waals surface area contributed by atoms with E-state index in [1.807, 2.05) is 72.8 Å². The Labute approximate surface area is 244 Å². The molecule has 3 aromatic rings. The van der Waals surface area contributed by atoms with Gasteiger partial charge in [-0.05, 0) is 48.2 Å². The van der Waals surface area contributed by atoms with Crippen LogP contribution in [0.15, 0.2) is 77.7 Å². The SMILES string of the molecule is COc1ccccc1SC[C@@H]1C[C@H](c2ccc(CO)cc2)O[C@H](c2ccc(NC(=O)CCCCC(=O)NO)cc2)O1. The third-order valence-corrected chi connectivity index (χ3v) is 7.94. The predicted molar refractivity (Wildman–Crippen MR) is 156 cm³/mol. The molecule has 41 heavy (non-hydrogen) atoms. The Kier molecular flexibility index (Phi) is 11.6. The lowest BCUT2D eigenvalue weighted by Gasteiger charge is -2.36. The van der Waals surface area contributed by atoms with Gasteiger partial charge in [-0.15, -0.1) is 11.8 Å². The van der Waals surface area contributed by atoms with Crippen molar-refractivity contribution in [2.75, 3.05) is 18.2 Å². The fourth-order valence-electron chi connectivity index (χ4n) is 4.52. The Morgan fingerprint density at radius 2 is 1.61 bits per heavy atom. The summed E-state index contributed by atoms with van der Waals surface area (Å²) in [5.41, 5.74) is 4.94. The number of nitrogens with one attached hydrogen (secondary N) is 2. The van der Waals surface area contributed by atoms with E-state index in [0.717, 1.165) is 27.3 Å². The van der Waals surface area contributed by atoms with E-state index in [2.05, 4.69) is 5.32 Å². The van der Waals surface area contributed by atoms with E-state index in [9.17, 15) is 14.7 Å². The highest BCUT2D eigenvalue weighted by Crippen LogP contribution is 2.40. The number of hydrogen-bond acceptors (Lipinski definition) is 8. The lowest BCUT2D eigenvalue weighted by atomic mass is 10.0. The number of hydrogen-bond donors (Lipinski definition) is 4. The van der Waals surface area contributed by atoms with E-state index in [4.69, 9.17) is 19.4 Å². The van der Waals surface area contributed by atoms with E-state index in [-0.39, 0.29) is 37.6 Å². The number of carbonyl (C=O) groups excluding carboxylic acids is 2. The van der Waals surface area contributed by atoms with Crippen molar-refractivity contribution >= 4 is 29.3 Å². The maximum absolute atomic E-state index is 12.3. The van der Waals surface area contributed by atoms with Crippen LogP contribution in [0.25, 0.3) is 0 Å². The summed E-state index contributed by atoms with van der Waals surface area (Å²) in [6, 6.07) is 23.1. The monoisotopic (exact) mass is 580 g/mol. The number of thioether (sulfide) groups is 1. The van der Waals surface area contributed by atoms with Crippen LogP contribution in [-0.4, -0.2) is 41.1 Å². The van der Waals surface area contributed by atoms with Crippen molar-refractivity contribution in [2.24, 2.45) is 0 Å². The third-order valence-electron chi connectivity index (χ3n) is 6.76. The fraction of sp³-hybridized carbons (Fsp3) is 0.355. The molecule has 218 valence electrons. The van der Waals surface area contributed by atoms with E-state index in [1.165, 1.54) is 0 Å². The average molecular weight is 581 g/mol. The number of anilines is 1. The van der Waals surface area contributed by atoms with Crippen LogP contribution >= 0.6 is 11.8 Å². The van der Waals surface area contributed by atoms with Gasteiger partial charge in [0.15, 0.2) is 6.29 Å². The Hall–Kier alpha value is -3.41. The zero-order valence-electron chi connectivity index (χ0n) is 23.0. The normalized spacial score (nSPS) is 18.5. The van der Waals surface area contributed by atoms with E-state index < -0.39 is 12.2 Å². The summed E-state index contributed by atoms with van der Waals surface area (Å²) in [5, 5.41) is 20.9. The number of hydroxylamine groups is 1. The number of rotatable bonds is 13. The molecule has 4 N–H and O–H groups in total. The molecule has 0 radical (unpaired) electrons. The molecular weight excluding hydrogens is 544 g/mol. The van der Waals surface area contributed by atoms with Gasteiger partial charge in [-0.25, -0.2) is 5.48 Å². The molecule has 2 amide bonds. The van der Waals surface area contributed by atoms with Crippen molar-refractivity contribution in [3.63, 3.8) is 0 Å². The van der Waals surface area contributed by atoms with Gasteiger partial charge in [-0.3, -0.25) is 14.8 Å². The summed E-state index contributed by atoms with van der Waals surface area (Å²) in [5.74, 6) is 0.926. The lowest BCUT2D eigenvalue weighted by Crippen LogP contribution is -2.31. The molecule has 1 fully saturated rings. The average Bonchev–Trinajstić information content (AvgIpc) is 3.02. The molecule has 0 unspecified atom stereocenters. The maximum atomic E-state index is 12.3. The zero-order valence-corrected chi connectivity index (χ0v) is 23.8. The number of para-hydroxylation sites is 1. The minimum absolute atomic E-state index is 0.0144. The predicted octanol–water partition coefficient (Wildman–Crippen LogP) is 5.53. The summed E-state index contributed by atoms with van der Waals surface area (Å²) >= 11 is 1.68. The number of ether oxygens (including phenoxy) is 3. The summed E-state index contributed by atoms with van der Waals surface area (Å²) < 4.78 is 18.3. The first-order valence-electron chi connectivity index (χ1n) is 13.6. The molecule has 10 heteroatoms. The van der Waals surface area contributed by atoms with Gasteiger partial charge in [0.25, 0.3) is 0 Å². The maximum Gasteiger partial charge on any atom is 0.243 e. The van der Waals surface area contributed by atoms with Crippen molar-refractivity contribution in [1.29, 1.82) is 0 Å². The van der Waals surface area contributed by atoms with Crippen LogP contribution in [0.3, 0.4) is 0 Å². The number of amides is 2. The van der Waals surface area contributed by atoms with Crippen LogP contribution in [0, 0.1) is 0 Å². The van der Waals surface area contributed by atoms with Crippen LogP contribution < -0.4 is 15.5 Å².